The fourth-order valence-electron chi connectivity index (χ4n) is 1.65. The lowest BCUT2D eigenvalue weighted by Crippen LogP contribution is -2.22. The quantitative estimate of drug-likeness (QED) is 0.829. The Kier molecular flexibility index (Phi) is 4.50. The predicted octanol–water partition coefficient (Wildman–Crippen LogP) is 2.45. The van der Waals surface area contributed by atoms with Crippen LogP contribution in [-0.2, 0) is 11.3 Å². The Morgan fingerprint density at radius 3 is 2.76 bits per heavy atom. The second-order valence-electron chi connectivity index (χ2n) is 4.17. The van der Waals surface area contributed by atoms with Crippen molar-refractivity contribution in [2.75, 3.05) is 0 Å². The van der Waals surface area contributed by atoms with Crippen molar-refractivity contribution in [1.82, 2.24) is 5.32 Å². The molecular weight excluding hydrogens is 277 g/mol. The van der Waals surface area contributed by atoms with Crippen molar-refractivity contribution in [3.8, 4) is 0 Å². The molecule has 2 rings (SSSR count). The highest BCUT2D eigenvalue weighted by atomic mass is 19.1. The molecule has 1 amide bonds. The molecule has 1 aromatic carbocycles. The third-order valence-electron chi connectivity index (χ3n) is 2.67. The van der Waals surface area contributed by atoms with E-state index in [2.05, 4.69) is 5.32 Å². The number of amides is 1. The zero-order chi connectivity index (χ0) is 15.2. The van der Waals surface area contributed by atoms with Gasteiger partial charge in [-0.15, -0.1) is 0 Å². The van der Waals surface area contributed by atoms with Crippen LogP contribution in [0.3, 0.4) is 0 Å². The first-order valence-corrected chi connectivity index (χ1v) is 6.07. The van der Waals surface area contributed by atoms with Gasteiger partial charge in [-0.2, -0.15) is 0 Å². The average Bonchev–Trinajstić information content (AvgIpc) is 2.96. The molecule has 0 bridgehead atoms. The number of aliphatic carboxylic acids is 1. The molecule has 0 aliphatic rings. The van der Waals surface area contributed by atoms with Crippen LogP contribution in [0.5, 0.6) is 0 Å². The minimum Gasteiger partial charge on any atom is -0.478 e. The van der Waals surface area contributed by atoms with E-state index in [4.69, 9.17) is 9.52 Å². The van der Waals surface area contributed by atoms with Gasteiger partial charge >= 0.3 is 5.97 Å². The smallest absolute Gasteiger partial charge is 0.328 e. The molecule has 6 heteroatoms. The van der Waals surface area contributed by atoms with E-state index in [1.807, 2.05) is 0 Å². The Balaban J connectivity index is 2.05. The first-order valence-electron chi connectivity index (χ1n) is 6.07. The molecule has 0 aliphatic heterocycles. The Bertz CT molecular complexity index is 677. The van der Waals surface area contributed by atoms with Gasteiger partial charge in [-0.25, -0.2) is 9.18 Å². The van der Waals surface area contributed by atoms with Gasteiger partial charge in [-0.1, -0.05) is 6.07 Å². The summed E-state index contributed by atoms with van der Waals surface area (Å²) in [6.07, 6.45) is 3.45. The van der Waals surface area contributed by atoms with Crippen LogP contribution in [0.4, 0.5) is 4.39 Å². The molecule has 0 fully saturated rings. The zero-order valence-electron chi connectivity index (χ0n) is 10.9. The molecule has 0 aliphatic carbocycles. The van der Waals surface area contributed by atoms with Gasteiger partial charge in [0, 0.05) is 17.2 Å². The lowest BCUT2D eigenvalue weighted by molar-refractivity contribution is -0.131. The van der Waals surface area contributed by atoms with Crippen molar-refractivity contribution in [3.05, 3.63) is 65.4 Å². The predicted molar refractivity (Wildman–Crippen MR) is 72.9 cm³/mol. The average molecular weight is 289 g/mol. The minimum atomic E-state index is -1.17. The van der Waals surface area contributed by atoms with Crippen LogP contribution in [0.15, 0.2) is 47.1 Å². The van der Waals surface area contributed by atoms with Crippen molar-refractivity contribution in [3.63, 3.8) is 0 Å². The van der Waals surface area contributed by atoms with Gasteiger partial charge in [-0.3, -0.25) is 4.79 Å². The second-order valence-corrected chi connectivity index (χ2v) is 4.17. The summed E-state index contributed by atoms with van der Waals surface area (Å²) in [7, 11) is 0. The molecule has 21 heavy (non-hydrogen) atoms. The molecule has 2 aromatic rings. The third-order valence-corrected chi connectivity index (χ3v) is 2.67. The number of hydrogen-bond acceptors (Lipinski definition) is 3. The molecule has 0 spiro atoms. The first-order chi connectivity index (χ1) is 10.1. The number of furan rings is 1. The van der Waals surface area contributed by atoms with E-state index < -0.39 is 17.7 Å². The van der Waals surface area contributed by atoms with Gasteiger partial charge in [0.15, 0.2) is 0 Å². The van der Waals surface area contributed by atoms with E-state index in [0.717, 1.165) is 18.2 Å². The van der Waals surface area contributed by atoms with E-state index in [1.54, 1.807) is 12.1 Å². The van der Waals surface area contributed by atoms with Crippen LogP contribution < -0.4 is 5.32 Å². The Labute approximate surface area is 119 Å². The van der Waals surface area contributed by atoms with E-state index >= 15 is 0 Å². The SMILES string of the molecule is O=C(O)C=Cc1ccc(C(=O)NCc2ccco2)cc1F. The number of nitrogens with one attached hydrogen (secondary N) is 1. The lowest BCUT2D eigenvalue weighted by Gasteiger charge is -2.04. The number of carboxylic acids is 1. The monoisotopic (exact) mass is 289 g/mol. The van der Waals surface area contributed by atoms with Gasteiger partial charge in [0.2, 0.25) is 0 Å². The fourth-order valence-corrected chi connectivity index (χ4v) is 1.65. The summed E-state index contributed by atoms with van der Waals surface area (Å²) in [5.74, 6) is -1.70. The topological polar surface area (TPSA) is 79.5 Å². The largest absolute Gasteiger partial charge is 0.478 e. The number of carbonyl (C=O) groups is 2. The molecule has 0 unspecified atom stereocenters. The molecule has 0 atom stereocenters. The van der Waals surface area contributed by atoms with Gasteiger partial charge in [-0.05, 0) is 30.3 Å². The maximum absolute atomic E-state index is 13.7. The molecule has 0 radical (unpaired) electrons. The van der Waals surface area contributed by atoms with Crippen molar-refractivity contribution >= 4 is 18.0 Å². The van der Waals surface area contributed by atoms with E-state index in [1.165, 1.54) is 18.4 Å². The molecule has 5 nitrogen and oxygen atoms in total. The fraction of sp³-hybridized carbons (Fsp3) is 0.0667. The normalized spacial score (nSPS) is 10.7. The van der Waals surface area contributed by atoms with Crippen LogP contribution in [0.25, 0.3) is 6.08 Å². The van der Waals surface area contributed by atoms with Crippen molar-refractivity contribution < 1.29 is 23.5 Å². The number of carbonyl (C=O) groups excluding carboxylic acids is 1. The van der Waals surface area contributed by atoms with Crippen molar-refractivity contribution in [2.24, 2.45) is 0 Å². The van der Waals surface area contributed by atoms with Crippen molar-refractivity contribution in [1.29, 1.82) is 0 Å². The number of rotatable bonds is 5. The van der Waals surface area contributed by atoms with Crippen LogP contribution in [0, 0.1) is 5.82 Å². The van der Waals surface area contributed by atoms with E-state index in [0.29, 0.717) is 5.76 Å². The summed E-state index contributed by atoms with van der Waals surface area (Å²) in [5, 5.41) is 11.1. The number of benzene rings is 1. The number of hydrogen-bond donors (Lipinski definition) is 2. The highest BCUT2D eigenvalue weighted by Crippen LogP contribution is 2.12. The maximum atomic E-state index is 13.7. The van der Waals surface area contributed by atoms with Gasteiger partial charge < -0.3 is 14.8 Å². The summed E-state index contributed by atoms with van der Waals surface area (Å²) < 4.78 is 18.8. The van der Waals surface area contributed by atoms with E-state index in [-0.39, 0.29) is 17.7 Å². The molecular formula is C15H12FNO4. The number of carboxylic acid groups (broad SMARTS) is 1. The minimum absolute atomic E-state index is 0.0972. The third kappa shape index (κ3) is 4.04. The number of halogens is 1. The first kappa shape index (κ1) is 14.5. The molecule has 2 N–H and O–H groups in total. The molecule has 1 heterocycles. The molecule has 0 saturated carbocycles. The van der Waals surface area contributed by atoms with Crippen LogP contribution in [0.1, 0.15) is 21.7 Å². The van der Waals surface area contributed by atoms with Crippen LogP contribution in [0.2, 0.25) is 0 Å². The highest BCUT2D eigenvalue weighted by molar-refractivity contribution is 5.94. The summed E-state index contributed by atoms with van der Waals surface area (Å²) in [6, 6.07) is 7.23. The van der Waals surface area contributed by atoms with E-state index in [9.17, 15) is 14.0 Å². The lowest BCUT2D eigenvalue weighted by atomic mass is 10.1. The van der Waals surface area contributed by atoms with Crippen LogP contribution >= 0.6 is 0 Å². The Morgan fingerprint density at radius 1 is 1.33 bits per heavy atom. The van der Waals surface area contributed by atoms with Gasteiger partial charge in [0.1, 0.15) is 11.6 Å². The summed E-state index contributed by atoms with van der Waals surface area (Å²) in [4.78, 5) is 22.2. The van der Waals surface area contributed by atoms with Gasteiger partial charge in [0.05, 0.1) is 12.8 Å². The van der Waals surface area contributed by atoms with Gasteiger partial charge in [0.25, 0.3) is 5.91 Å². The standard InChI is InChI=1S/C15H12FNO4/c16-13-8-11(4-3-10(13)5-6-14(18)19)15(20)17-9-12-2-1-7-21-12/h1-8H,9H2,(H,17,20)(H,18,19). The molecule has 108 valence electrons. The summed E-state index contributed by atoms with van der Waals surface area (Å²) in [6.45, 7) is 0.203. The zero-order valence-corrected chi connectivity index (χ0v) is 10.9. The molecule has 0 saturated heterocycles. The summed E-state index contributed by atoms with van der Waals surface area (Å²) in [5.41, 5.74) is 0.242. The Hall–Kier alpha value is -2.89. The molecule has 1 aromatic heterocycles. The van der Waals surface area contributed by atoms with Crippen molar-refractivity contribution in [2.45, 2.75) is 6.54 Å². The summed E-state index contributed by atoms with van der Waals surface area (Å²) >= 11 is 0. The Morgan fingerprint density at radius 2 is 2.14 bits per heavy atom. The second kappa shape index (κ2) is 6.51. The van der Waals surface area contributed by atoms with Crippen LogP contribution in [-0.4, -0.2) is 17.0 Å². The maximum Gasteiger partial charge on any atom is 0.328 e. The highest BCUT2D eigenvalue weighted by Gasteiger charge is 2.09.